The lowest BCUT2D eigenvalue weighted by Gasteiger charge is -2.20. The smallest absolute Gasteiger partial charge is 0.335 e. The van der Waals surface area contributed by atoms with Crippen molar-refractivity contribution in [2.75, 3.05) is 13.7 Å². The molecule has 1 aliphatic rings. The van der Waals surface area contributed by atoms with Crippen molar-refractivity contribution in [3.8, 4) is 11.3 Å². The van der Waals surface area contributed by atoms with E-state index in [-0.39, 0.29) is 17.5 Å². The zero-order valence-corrected chi connectivity index (χ0v) is 14.1. The summed E-state index contributed by atoms with van der Waals surface area (Å²) in [5.74, 6) is -0.105. The molecule has 5 heteroatoms. The van der Waals surface area contributed by atoms with Crippen LogP contribution in [-0.4, -0.2) is 28.8 Å². The van der Waals surface area contributed by atoms with Crippen LogP contribution in [0.4, 0.5) is 0 Å². The lowest BCUT2D eigenvalue weighted by Crippen LogP contribution is -2.34. The molecule has 128 valence electrons. The van der Waals surface area contributed by atoms with Crippen LogP contribution in [0.3, 0.4) is 0 Å². The predicted octanol–water partition coefficient (Wildman–Crippen LogP) is 3.18. The number of carbonyl (C=O) groups excluding carboxylic acids is 1. The van der Waals surface area contributed by atoms with Gasteiger partial charge in [-0.25, -0.2) is 9.36 Å². The SMILES string of the molecule is COCCn1cc(-c2ccccc2)n(C(=O)C2CCCCC2)c1=O. The Balaban J connectivity index is 2.03. The fourth-order valence-corrected chi connectivity index (χ4v) is 3.40. The Kier molecular flexibility index (Phi) is 5.30. The van der Waals surface area contributed by atoms with E-state index in [4.69, 9.17) is 4.74 Å². The number of hydrogen-bond donors (Lipinski definition) is 0. The van der Waals surface area contributed by atoms with Crippen molar-refractivity contribution in [1.82, 2.24) is 9.13 Å². The number of methoxy groups -OCH3 is 1. The van der Waals surface area contributed by atoms with Gasteiger partial charge in [0.1, 0.15) is 0 Å². The van der Waals surface area contributed by atoms with Crippen LogP contribution in [-0.2, 0) is 11.3 Å². The highest BCUT2D eigenvalue weighted by Crippen LogP contribution is 2.27. The van der Waals surface area contributed by atoms with Crippen LogP contribution in [0.1, 0.15) is 36.9 Å². The van der Waals surface area contributed by atoms with E-state index in [1.165, 1.54) is 11.0 Å². The average molecular weight is 328 g/mol. The highest BCUT2D eigenvalue weighted by molar-refractivity contribution is 5.85. The Morgan fingerprint density at radius 3 is 2.54 bits per heavy atom. The van der Waals surface area contributed by atoms with E-state index in [1.807, 2.05) is 30.3 Å². The molecule has 1 aromatic heterocycles. The minimum absolute atomic E-state index is 0.0443. The summed E-state index contributed by atoms with van der Waals surface area (Å²) in [7, 11) is 1.60. The molecule has 1 aromatic carbocycles. The van der Waals surface area contributed by atoms with Gasteiger partial charge in [-0.3, -0.25) is 9.36 Å². The Morgan fingerprint density at radius 1 is 1.17 bits per heavy atom. The van der Waals surface area contributed by atoms with Crippen molar-refractivity contribution < 1.29 is 9.53 Å². The zero-order chi connectivity index (χ0) is 16.9. The lowest BCUT2D eigenvalue weighted by molar-refractivity contribution is 0.0797. The zero-order valence-electron chi connectivity index (χ0n) is 14.1. The van der Waals surface area contributed by atoms with Gasteiger partial charge >= 0.3 is 5.69 Å². The molecule has 1 saturated carbocycles. The van der Waals surface area contributed by atoms with Crippen LogP contribution >= 0.6 is 0 Å². The highest BCUT2D eigenvalue weighted by atomic mass is 16.5. The van der Waals surface area contributed by atoms with Crippen molar-refractivity contribution >= 4 is 5.91 Å². The molecule has 2 aromatic rings. The number of hydrogen-bond acceptors (Lipinski definition) is 3. The number of nitrogens with zero attached hydrogens (tertiary/aromatic N) is 2. The average Bonchev–Trinajstić information content (AvgIpc) is 2.97. The van der Waals surface area contributed by atoms with Crippen LogP contribution in [0.15, 0.2) is 41.3 Å². The molecule has 0 N–H and O–H groups in total. The Bertz CT molecular complexity index is 740. The number of carbonyl (C=O) groups is 1. The second-order valence-electron chi connectivity index (χ2n) is 6.36. The Hall–Kier alpha value is -2.14. The van der Waals surface area contributed by atoms with Crippen molar-refractivity contribution in [3.05, 3.63) is 47.0 Å². The number of benzene rings is 1. The molecule has 0 unspecified atom stereocenters. The minimum Gasteiger partial charge on any atom is -0.383 e. The van der Waals surface area contributed by atoms with Gasteiger partial charge in [-0.2, -0.15) is 0 Å². The van der Waals surface area contributed by atoms with E-state index in [2.05, 4.69) is 0 Å². The first kappa shape index (κ1) is 16.7. The van der Waals surface area contributed by atoms with Gasteiger partial charge in [-0.05, 0) is 12.8 Å². The summed E-state index contributed by atoms with van der Waals surface area (Å²) in [5.41, 5.74) is 1.30. The molecule has 0 atom stereocenters. The minimum atomic E-state index is -0.263. The van der Waals surface area contributed by atoms with Gasteiger partial charge < -0.3 is 4.74 Å². The van der Waals surface area contributed by atoms with Gasteiger partial charge in [0.25, 0.3) is 0 Å². The molecule has 24 heavy (non-hydrogen) atoms. The van der Waals surface area contributed by atoms with Crippen molar-refractivity contribution in [2.24, 2.45) is 5.92 Å². The normalized spacial score (nSPS) is 15.5. The fraction of sp³-hybridized carbons (Fsp3) is 0.474. The monoisotopic (exact) mass is 328 g/mol. The molecule has 5 nitrogen and oxygen atoms in total. The van der Waals surface area contributed by atoms with E-state index in [0.29, 0.717) is 18.8 Å². The first-order chi connectivity index (χ1) is 11.7. The van der Waals surface area contributed by atoms with E-state index in [9.17, 15) is 9.59 Å². The molecule has 0 saturated heterocycles. The Labute approximate surface area is 141 Å². The van der Waals surface area contributed by atoms with Crippen LogP contribution in [0.5, 0.6) is 0 Å². The quantitative estimate of drug-likeness (QED) is 0.847. The number of ether oxygens (including phenoxy) is 1. The molecule has 0 spiro atoms. The third-order valence-corrected chi connectivity index (χ3v) is 4.74. The molecule has 1 aliphatic carbocycles. The number of aromatic nitrogens is 2. The summed E-state index contributed by atoms with van der Waals surface area (Å²) >= 11 is 0. The summed E-state index contributed by atoms with van der Waals surface area (Å²) in [6.45, 7) is 0.885. The number of imidazole rings is 1. The van der Waals surface area contributed by atoms with Crippen molar-refractivity contribution in [1.29, 1.82) is 0 Å². The third-order valence-electron chi connectivity index (χ3n) is 4.74. The molecule has 0 amide bonds. The van der Waals surface area contributed by atoms with Crippen molar-refractivity contribution in [3.63, 3.8) is 0 Å². The highest BCUT2D eigenvalue weighted by Gasteiger charge is 2.27. The maximum Gasteiger partial charge on any atom is 0.335 e. The van der Waals surface area contributed by atoms with E-state index in [1.54, 1.807) is 17.9 Å². The molecule has 0 radical (unpaired) electrons. The van der Waals surface area contributed by atoms with E-state index >= 15 is 0 Å². The molecule has 3 rings (SSSR count). The maximum atomic E-state index is 13.0. The van der Waals surface area contributed by atoms with E-state index in [0.717, 1.165) is 31.2 Å². The van der Waals surface area contributed by atoms with Crippen molar-refractivity contribution in [2.45, 2.75) is 38.6 Å². The molecule has 0 aliphatic heterocycles. The number of rotatable bonds is 5. The van der Waals surface area contributed by atoms with Gasteiger partial charge in [0.05, 0.1) is 18.8 Å². The first-order valence-electron chi connectivity index (χ1n) is 8.63. The lowest BCUT2D eigenvalue weighted by atomic mass is 9.88. The summed E-state index contributed by atoms with van der Waals surface area (Å²) in [4.78, 5) is 25.8. The second-order valence-corrected chi connectivity index (χ2v) is 6.36. The molecule has 1 fully saturated rings. The third kappa shape index (κ3) is 3.36. The summed E-state index contributed by atoms with van der Waals surface area (Å²) in [6.07, 6.45) is 6.84. The van der Waals surface area contributed by atoms with Gasteiger partial charge in [-0.1, -0.05) is 49.6 Å². The van der Waals surface area contributed by atoms with Gasteiger partial charge in [0.2, 0.25) is 5.91 Å². The van der Waals surface area contributed by atoms with Crippen LogP contribution in [0.25, 0.3) is 11.3 Å². The summed E-state index contributed by atoms with van der Waals surface area (Å²) in [6, 6.07) is 9.63. The van der Waals surface area contributed by atoms with Gasteiger partial charge in [0, 0.05) is 24.8 Å². The van der Waals surface area contributed by atoms with Gasteiger partial charge in [0.15, 0.2) is 0 Å². The summed E-state index contributed by atoms with van der Waals surface area (Å²) < 4.78 is 8.03. The first-order valence-corrected chi connectivity index (χ1v) is 8.63. The standard InChI is InChI=1S/C19H24N2O3/c1-24-13-12-20-14-17(15-8-4-2-5-9-15)21(19(20)23)18(22)16-10-6-3-7-11-16/h2,4-5,8-9,14,16H,3,6-7,10-13H2,1H3. The topological polar surface area (TPSA) is 53.2 Å². The van der Waals surface area contributed by atoms with Gasteiger partial charge in [-0.15, -0.1) is 0 Å². The predicted molar refractivity (Wildman–Crippen MR) is 93.2 cm³/mol. The molecular weight excluding hydrogens is 304 g/mol. The fourth-order valence-electron chi connectivity index (χ4n) is 3.40. The van der Waals surface area contributed by atoms with Crippen LogP contribution in [0, 0.1) is 5.92 Å². The summed E-state index contributed by atoms with van der Waals surface area (Å²) in [5, 5.41) is 0. The molecule has 1 heterocycles. The van der Waals surface area contributed by atoms with Crippen LogP contribution in [0.2, 0.25) is 0 Å². The maximum absolute atomic E-state index is 13.0. The largest absolute Gasteiger partial charge is 0.383 e. The van der Waals surface area contributed by atoms with Crippen LogP contribution < -0.4 is 5.69 Å². The molecule has 0 bridgehead atoms. The molecular formula is C19H24N2O3. The Morgan fingerprint density at radius 2 is 1.88 bits per heavy atom. The van der Waals surface area contributed by atoms with E-state index < -0.39 is 0 Å². The second kappa shape index (κ2) is 7.62.